The summed E-state index contributed by atoms with van der Waals surface area (Å²) in [6.45, 7) is 9.05. The second kappa shape index (κ2) is 11.3. The summed E-state index contributed by atoms with van der Waals surface area (Å²) in [7, 11) is 0. The summed E-state index contributed by atoms with van der Waals surface area (Å²) >= 11 is 0. The molecule has 3 aliphatic rings. The average molecular weight is 591 g/mol. The maximum atomic E-state index is 13.6. The van der Waals surface area contributed by atoms with Crippen molar-refractivity contribution >= 4 is 29.8 Å². The van der Waals surface area contributed by atoms with Crippen molar-refractivity contribution in [2.24, 2.45) is 17.3 Å². The van der Waals surface area contributed by atoms with Crippen LogP contribution in [0.15, 0.2) is 30.3 Å². The number of carbonyl (C=O) groups excluding carboxylic acids is 5. The van der Waals surface area contributed by atoms with Crippen LogP contribution in [-0.2, 0) is 47.6 Å². The molecule has 1 N–H and O–H groups in total. The van der Waals surface area contributed by atoms with E-state index in [4.69, 9.17) is 28.4 Å². The monoisotopic (exact) mass is 590 g/mol. The number of hydrogen-bond donors (Lipinski definition) is 1. The van der Waals surface area contributed by atoms with E-state index in [2.05, 4.69) is 0 Å². The van der Waals surface area contributed by atoms with Crippen LogP contribution in [0.3, 0.4) is 0 Å². The fourth-order valence-corrected chi connectivity index (χ4v) is 7.61. The molecule has 0 amide bonds. The van der Waals surface area contributed by atoms with Crippen LogP contribution in [-0.4, -0.2) is 83.3 Å². The van der Waals surface area contributed by atoms with E-state index in [1.54, 1.807) is 39.0 Å². The van der Waals surface area contributed by atoms with Gasteiger partial charge in [-0.15, -0.1) is 0 Å². The zero-order chi connectivity index (χ0) is 31.2. The smallest absolute Gasteiger partial charge is 0.338 e. The average Bonchev–Trinajstić information content (AvgIpc) is 3.07. The number of fused-ring (bicyclic) bond motifs is 1. The molecule has 2 bridgehead atoms. The molecule has 1 aliphatic heterocycles. The first kappa shape index (κ1) is 31.4. The van der Waals surface area contributed by atoms with Crippen LogP contribution in [0.4, 0.5) is 0 Å². The van der Waals surface area contributed by atoms with Crippen molar-refractivity contribution in [3.05, 3.63) is 35.9 Å². The molecule has 12 heteroatoms. The van der Waals surface area contributed by atoms with E-state index in [1.165, 1.54) is 32.9 Å². The molecular weight excluding hydrogens is 552 g/mol. The minimum absolute atomic E-state index is 0.0808. The van der Waals surface area contributed by atoms with Crippen LogP contribution in [0.5, 0.6) is 0 Å². The van der Waals surface area contributed by atoms with Crippen LogP contribution >= 0.6 is 0 Å². The highest BCUT2D eigenvalue weighted by Gasteiger charge is 2.85. The van der Waals surface area contributed by atoms with E-state index in [1.807, 2.05) is 0 Å². The van der Waals surface area contributed by atoms with E-state index >= 15 is 0 Å². The molecule has 42 heavy (non-hydrogen) atoms. The molecule has 230 valence electrons. The Morgan fingerprint density at radius 1 is 0.810 bits per heavy atom. The number of aliphatic hydroxyl groups excluding tert-OH is 1. The van der Waals surface area contributed by atoms with Crippen molar-refractivity contribution in [1.82, 2.24) is 0 Å². The van der Waals surface area contributed by atoms with Crippen molar-refractivity contribution in [2.75, 3.05) is 6.61 Å². The van der Waals surface area contributed by atoms with Gasteiger partial charge in [0.25, 0.3) is 0 Å². The summed E-state index contributed by atoms with van der Waals surface area (Å²) in [6.07, 6.45) is -6.53. The molecule has 3 fully saturated rings. The van der Waals surface area contributed by atoms with E-state index in [0.717, 1.165) is 6.92 Å². The molecule has 0 radical (unpaired) electrons. The second-order valence-corrected chi connectivity index (χ2v) is 11.8. The van der Waals surface area contributed by atoms with Crippen LogP contribution in [0, 0.1) is 17.3 Å². The summed E-state index contributed by atoms with van der Waals surface area (Å²) < 4.78 is 36.2. The molecule has 1 saturated heterocycles. The number of hydrogen-bond acceptors (Lipinski definition) is 12. The Labute approximate surface area is 243 Å². The highest BCUT2D eigenvalue weighted by Crippen LogP contribution is 2.68. The van der Waals surface area contributed by atoms with Gasteiger partial charge in [0.1, 0.15) is 29.3 Å². The van der Waals surface area contributed by atoms with Gasteiger partial charge in [-0.2, -0.15) is 0 Å². The zero-order valence-corrected chi connectivity index (χ0v) is 24.8. The van der Waals surface area contributed by atoms with Crippen molar-refractivity contribution in [3.63, 3.8) is 0 Å². The Morgan fingerprint density at radius 2 is 1.36 bits per heavy atom. The third-order valence-electron chi connectivity index (χ3n) is 8.74. The van der Waals surface area contributed by atoms with Gasteiger partial charge >= 0.3 is 29.8 Å². The van der Waals surface area contributed by atoms with Gasteiger partial charge in [0.15, 0.2) is 12.2 Å². The summed E-state index contributed by atoms with van der Waals surface area (Å²) in [5.74, 6) is -5.20. The number of rotatable bonds is 7. The fourth-order valence-electron chi connectivity index (χ4n) is 7.61. The van der Waals surface area contributed by atoms with Crippen molar-refractivity contribution in [1.29, 1.82) is 0 Å². The van der Waals surface area contributed by atoms with E-state index in [9.17, 15) is 29.1 Å². The van der Waals surface area contributed by atoms with Crippen molar-refractivity contribution < 1.29 is 57.5 Å². The lowest BCUT2D eigenvalue weighted by molar-refractivity contribution is -0.329. The lowest BCUT2D eigenvalue weighted by atomic mass is 9.47. The van der Waals surface area contributed by atoms with Crippen LogP contribution < -0.4 is 0 Å². The fraction of sp³-hybridized carbons (Fsp3) is 0.633. The predicted molar refractivity (Wildman–Crippen MR) is 143 cm³/mol. The van der Waals surface area contributed by atoms with Gasteiger partial charge < -0.3 is 33.5 Å². The third kappa shape index (κ3) is 4.94. The number of aliphatic hydroxyl groups is 1. The Kier molecular flexibility index (Phi) is 8.45. The summed E-state index contributed by atoms with van der Waals surface area (Å²) in [5.41, 5.74) is -4.62. The van der Waals surface area contributed by atoms with E-state index < -0.39 is 95.4 Å². The number of carbonyl (C=O) groups is 5. The maximum absolute atomic E-state index is 13.6. The first-order chi connectivity index (χ1) is 19.6. The molecule has 5 unspecified atom stereocenters. The Bertz CT molecular complexity index is 1240. The third-order valence-corrected chi connectivity index (χ3v) is 8.74. The molecule has 4 rings (SSSR count). The lowest BCUT2D eigenvalue weighted by Crippen LogP contribution is -2.81. The molecular formula is C30H38O12. The zero-order valence-electron chi connectivity index (χ0n) is 24.8. The normalized spacial score (nSPS) is 36.1. The molecule has 1 spiro atoms. The van der Waals surface area contributed by atoms with Crippen LogP contribution in [0.1, 0.15) is 65.2 Å². The van der Waals surface area contributed by atoms with Crippen molar-refractivity contribution in [3.8, 4) is 0 Å². The predicted octanol–water partition coefficient (Wildman–Crippen LogP) is 2.13. The first-order valence-corrected chi connectivity index (χ1v) is 13.9. The maximum Gasteiger partial charge on any atom is 0.338 e. The van der Waals surface area contributed by atoms with E-state index in [-0.39, 0.29) is 12.0 Å². The van der Waals surface area contributed by atoms with Gasteiger partial charge in [-0.25, -0.2) is 4.79 Å². The molecule has 1 aromatic carbocycles. The molecule has 12 nitrogen and oxygen atoms in total. The second-order valence-electron chi connectivity index (χ2n) is 11.8. The summed E-state index contributed by atoms with van der Waals surface area (Å²) in [4.78, 5) is 63.6. The van der Waals surface area contributed by atoms with Gasteiger partial charge in [-0.05, 0) is 38.3 Å². The molecule has 9 atom stereocenters. The van der Waals surface area contributed by atoms with Gasteiger partial charge in [0.05, 0.1) is 23.7 Å². The Balaban J connectivity index is 2.07. The van der Waals surface area contributed by atoms with E-state index in [0.29, 0.717) is 0 Å². The van der Waals surface area contributed by atoms with Gasteiger partial charge in [0.2, 0.25) is 0 Å². The topological polar surface area (TPSA) is 161 Å². The lowest BCUT2D eigenvalue weighted by Gasteiger charge is -2.64. The molecule has 2 aliphatic carbocycles. The first-order valence-electron chi connectivity index (χ1n) is 13.9. The van der Waals surface area contributed by atoms with Gasteiger partial charge in [-0.1, -0.05) is 25.1 Å². The summed E-state index contributed by atoms with van der Waals surface area (Å²) in [5, 5.41) is 11.5. The van der Waals surface area contributed by atoms with Crippen molar-refractivity contribution in [2.45, 2.75) is 96.6 Å². The molecule has 1 heterocycles. The van der Waals surface area contributed by atoms with Gasteiger partial charge in [-0.3, -0.25) is 19.2 Å². The van der Waals surface area contributed by atoms with Gasteiger partial charge in [0, 0.05) is 27.7 Å². The Morgan fingerprint density at radius 3 is 1.88 bits per heavy atom. The standard InChI is InChI=1S/C30H38O12/c1-15-13-21(37-16(2)32)24(39-18(4)34)29(14-31)26(41-27(36)20-11-9-8-10-12-20)23(38-17(3)33)22-25(40-19(5)35)30(15,29)42-28(22,6)7/h8-12,15,21-26,31H,13-14H2,1-7H3/t15-,21?,22-,23?,24?,25?,26?,29+,30-/m1/s1. The minimum atomic E-state index is -1.95. The largest absolute Gasteiger partial charge is 0.459 e. The Hall–Kier alpha value is -3.51. The number of esters is 5. The van der Waals surface area contributed by atoms with Crippen LogP contribution in [0.25, 0.3) is 0 Å². The highest BCUT2D eigenvalue weighted by molar-refractivity contribution is 5.89. The minimum Gasteiger partial charge on any atom is -0.459 e. The quantitative estimate of drug-likeness (QED) is 0.364. The molecule has 1 aromatic rings. The highest BCUT2D eigenvalue weighted by atomic mass is 16.6. The van der Waals surface area contributed by atoms with Crippen LogP contribution in [0.2, 0.25) is 0 Å². The molecule has 0 aromatic heterocycles. The molecule has 2 saturated carbocycles. The summed E-state index contributed by atoms with van der Waals surface area (Å²) in [6, 6.07) is 8.04. The SMILES string of the molecule is CC(=O)OC1C[C@@H](C)[C@]23OC(C)(C)[C@H](C(OC(C)=O)C(OC(=O)c4ccccc4)[C@]2(CO)C1OC(C)=O)C3OC(C)=O. The number of benzene rings is 1. The number of ether oxygens (including phenoxy) is 6.